The van der Waals surface area contributed by atoms with E-state index in [1.165, 1.54) is 0 Å². The number of aromatic nitrogens is 4. The molecule has 4 aromatic rings. The number of hydrogen-bond acceptors (Lipinski definition) is 8. The monoisotopic (exact) mass is 458 g/mol. The molecular formula is C25H26N6OS. The average Bonchev–Trinajstić information content (AvgIpc) is 3.33. The van der Waals surface area contributed by atoms with Gasteiger partial charge < -0.3 is 9.64 Å². The minimum absolute atomic E-state index is 0.753. The van der Waals surface area contributed by atoms with Crippen LogP contribution < -0.4 is 9.64 Å². The molecule has 1 saturated heterocycles. The summed E-state index contributed by atoms with van der Waals surface area (Å²) in [5.74, 6) is 2.60. The van der Waals surface area contributed by atoms with Crippen molar-refractivity contribution in [2.45, 2.75) is 13.5 Å². The van der Waals surface area contributed by atoms with Gasteiger partial charge in [-0.1, -0.05) is 0 Å². The molecule has 0 saturated carbocycles. The Morgan fingerprint density at radius 2 is 1.67 bits per heavy atom. The lowest BCUT2D eigenvalue weighted by atomic mass is 10.2. The van der Waals surface area contributed by atoms with Gasteiger partial charge in [0.05, 0.1) is 12.8 Å². The fraction of sp³-hybridized carbons (Fsp3) is 0.280. The highest BCUT2D eigenvalue weighted by molar-refractivity contribution is 7.13. The van der Waals surface area contributed by atoms with Crippen LogP contribution in [-0.2, 0) is 6.54 Å². The van der Waals surface area contributed by atoms with Crippen molar-refractivity contribution >= 4 is 17.2 Å². The third kappa shape index (κ3) is 5.02. The van der Waals surface area contributed by atoms with E-state index in [2.05, 4.69) is 43.3 Å². The maximum absolute atomic E-state index is 5.25. The fourth-order valence-electron chi connectivity index (χ4n) is 3.95. The molecule has 33 heavy (non-hydrogen) atoms. The molecule has 0 spiro atoms. The van der Waals surface area contributed by atoms with Crippen LogP contribution in [0.4, 0.5) is 5.82 Å². The third-order valence-electron chi connectivity index (χ3n) is 5.75. The van der Waals surface area contributed by atoms with Crippen LogP contribution in [0.15, 0.2) is 60.2 Å². The summed E-state index contributed by atoms with van der Waals surface area (Å²) in [7, 11) is 1.68. The van der Waals surface area contributed by atoms with Gasteiger partial charge in [-0.3, -0.25) is 9.88 Å². The summed E-state index contributed by atoms with van der Waals surface area (Å²) in [6.45, 7) is 6.70. The van der Waals surface area contributed by atoms with Crippen molar-refractivity contribution in [3.8, 4) is 27.7 Å². The zero-order valence-corrected chi connectivity index (χ0v) is 19.6. The van der Waals surface area contributed by atoms with Crippen LogP contribution in [-0.4, -0.2) is 58.1 Å². The largest absolute Gasteiger partial charge is 0.497 e. The number of piperazine rings is 1. The number of anilines is 1. The van der Waals surface area contributed by atoms with E-state index >= 15 is 0 Å². The van der Waals surface area contributed by atoms with E-state index in [9.17, 15) is 0 Å². The van der Waals surface area contributed by atoms with E-state index in [1.807, 2.05) is 31.2 Å². The minimum atomic E-state index is 0.753. The molecule has 1 aliphatic heterocycles. The van der Waals surface area contributed by atoms with E-state index in [0.717, 1.165) is 77.6 Å². The number of rotatable bonds is 6. The zero-order chi connectivity index (χ0) is 22.6. The Morgan fingerprint density at radius 1 is 0.909 bits per heavy atom. The molecule has 1 aliphatic rings. The number of aryl methyl sites for hydroxylation is 1. The topological polar surface area (TPSA) is 67.3 Å². The number of pyridine rings is 1. The van der Waals surface area contributed by atoms with Crippen LogP contribution >= 0.6 is 11.3 Å². The standard InChI is InChI=1S/C25H26N6OS/c1-18-15-23(29-24(27-18)19-7-9-26-10-8-19)31-13-11-30(12-14-31)16-21-17-33-25(28-21)20-3-5-22(32-2)6-4-20/h3-10,15,17H,11-14,16H2,1-2H3. The van der Waals surface area contributed by atoms with Gasteiger partial charge in [-0.2, -0.15) is 0 Å². The number of benzene rings is 1. The summed E-state index contributed by atoms with van der Waals surface area (Å²) in [6.07, 6.45) is 3.55. The summed E-state index contributed by atoms with van der Waals surface area (Å²) in [5, 5.41) is 3.21. The molecule has 0 radical (unpaired) electrons. The number of methoxy groups -OCH3 is 1. The number of nitrogens with zero attached hydrogens (tertiary/aromatic N) is 6. The van der Waals surface area contributed by atoms with Crippen molar-refractivity contribution in [2.75, 3.05) is 38.2 Å². The van der Waals surface area contributed by atoms with Gasteiger partial charge in [-0.25, -0.2) is 15.0 Å². The molecule has 0 unspecified atom stereocenters. The highest BCUT2D eigenvalue weighted by Crippen LogP contribution is 2.27. The smallest absolute Gasteiger partial charge is 0.161 e. The molecule has 0 atom stereocenters. The first-order valence-corrected chi connectivity index (χ1v) is 11.9. The zero-order valence-electron chi connectivity index (χ0n) is 18.8. The molecule has 1 fully saturated rings. The van der Waals surface area contributed by atoms with Crippen LogP contribution in [0.5, 0.6) is 5.75 Å². The van der Waals surface area contributed by atoms with E-state index in [0.29, 0.717) is 0 Å². The molecule has 168 valence electrons. The maximum Gasteiger partial charge on any atom is 0.161 e. The van der Waals surface area contributed by atoms with Crippen LogP contribution in [0.2, 0.25) is 0 Å². The van der Waals surface area contributed by atoms with Gasteiger partial charge in [0.2, 0.25) is 0 Å². The summed E-state index contributed by atoms with van der Waals surface area (Å²) in [6, 6.07) is 14.0. The molecule has 4 heterocycles. The molecule has 7 nitrogen and oxygen atoms in total. The third-order valence-corrected chi connectivity index (χ3v) is 6.69. The molecule has 5 rings (SSSR count). The normalized spacial score (nSPS) is 14.4. The predicted octanol–water partition coefficient (Wildman–Crippen LogP) is 4.30. The van der Waals surface area contributed by atoms with Gasteiger partial charge in [0.1, 0.15) is 16.6 Å². The van der Waals surface area contributed by atoms with E-state index < -0.39 is 0 Å². The Bertz CT molecular complexity index is 1200. The van der Waals surface area contributed by atoms with Crippen molar-refractivity contribution < 1.29 is 4.74 Å². The quantitative estimate of drug-likeness (QED) is 0.427. The molecular weight excluding hydrogens is 432 g/mol. The molecule has 0 aliphatic carbocycles. The van der Waals surface area contributed by atoms with Gasteiger partial charge in [0.15, 0.2) is 5.82 Å². The van der Waals surface area contributed by atoms with E-state index in [-0.39, 0.29) is 0 Å². The van der Waals surface area contributed by atoms with Crippen LogP contribution in [0.3, 0.4) is 0 Å². The first kappa shape index (κ1) is 21.5. The molecule has 8 heteroatoms. The number of ether oxygens (including phenoxy) is 1. The van der Waals surface area contributed by atoms with Gasteiger partial charge in [0, 0.05) is 73.4 Å². The predicted molar refractivity (Wildman–Crippen MR) is 132 cm³/mol. The van der Waals surface area contributed by atoms with Crippen molar-refractivity contribution in [1.82, 2.24) is 24.8 Å². The Balaban J connectivity index is 1.21. The second-order valence-corrected chi connectivity index (χ2v) is 8.92. The van der Waals surface area contributed by atoms with Gasteiger partial charge in [-0.05, 0) is 43.3 Å². The van der Waals surface area contributed by atoms with Crippen LogP contribution in [0, 0.1) is 6.92 Å². The van der Waals surface area contributed by atoms with Crippen molar-refractivity contribution in [1.29, 1.82) is 0 Å². The van der Waals surface area contributed by atoms with Crippen molar-refractivity contribution in [3.05, 3.63) is 71.6 Å². The minimum Gasteiger partial charge on any atom is -0.497 e. The van der Waals surface area contributed by atoms with Crippen LogP contribution in [0.1, 0.15) is 11.4 Å². The Kier molecular flexibility index (Phi) is 6.28. The second-order valence-electron chi connectivity index (χ2n) is 8.06. The summed E-state index contributed by atoms with van der Waals surface area (Å²) in [5.41, 5.74) is 4.21. The molecule has 3 aromatic heterocycles. The summed E-state index contributed by atoms with van der Waals surface area (Å²) in [4.78, 5) is 23.2. The Morgan fingerprint density at radius 3 is 2.39 bits per heavy atom. The first-order valence-electron chi connectivity index (χ1n) is 11.0. The van der Waals surface area contributed by atoms with E-state index in [1.54, 1.807) is 30.8 Å². The van der Waals surface area contributed by atoms with Crippen molar-refractivity contribution in [2.24, 2.45) is 0 Å². The molecule has 1 aromatic carbocycles. The van der Waals surface area contributed by atoms with E-state index in [4.69, 9.17) is 14.7 Å². The highest BCUT2D eigenvalue weighted by Gasteiger charge is 2.20. The molecule has 0 N–H and O–H groups in total. The summed E-state index contributed by atoms with van der Waals surface area (Å²) < 4.78 is 5.25. The van der Waals surface area contributed by atoms with Crippen molar-refractivity contribution in [3.63, 3.8) is 0 Å². The van der Waals surface area contributed by atoms with Gasteiger partial charge >= 0.3 is 0 Å². The molecule has 0 amide bonds. The Hall–Kier alpha value is -3.36. The van der Waals surface area contributed by atoms with Gasteiger partial charge in [0.25, 0.3) is 0 Å². The number of thiazole rings is 1. The highest BCUT2D eigenvalue weighted by atomic mass is 32.1. The SMILES string of the molecule is COc1ccc(-c2nc(CN3CCN(c4cc(C)nc(-c5ccncc5)n4)CC3)cs2)cc1. The maximum atomic E-state index is 5.25. The lowest BCUT2D eigenvalue weighted by Gasteiger charge is -2.35. The summed E-state index contributed by atoms with van der Waals surface area (Å²) >= 11 is 1.69. The lowest BCUT2D eigenvalue weighted by Crippen LogP contribution is -2.46. The fourth-order valence-corrected chi connectivity index (χ4v) is 4.77. The Labute approximate surface area is 197 Å². The second kappa shape index (κ2) is 9.64. The average molecular weight is 459 g/mol. The first-order chi connectivity index (χ1) is 16.2. The lowest BCUT2D eigenvalue weighted by molar-refractivity contribution is 0.247. The molecule has 0 bridgehead atoms. The number of hydrogen-bond donors (Lipinski definition) is 0. The van der Waals surface area contributed by atoms with Crippen LogP contribution in [0.25, 0.3) is 22.0 Å². The van der Waals surface area contributed by atoms with Gasteiger partial charge in [-0.15, -0.1) is 11.3 Å².